The Bertz CT molecular complexity index is 140. The van der Waals surface area contributed by atoms with E-state index in [0.29, 0.717) is 0 Å². The Labute approximate surface area is 70.1 Å². The molecule has 9 nitrogen and oxygen atoms in total. The van der Waals surface area contributed by atoms with Gasteiger partial charge in [0, 0.05) is 0 Å². The molecule has 1 rings (SSSR count). The molecule has 1 aliphatic rings. The third kappa shape index (κ3) is 2.73. The third-order valence-electron chi connectivity index (χ3n) is 0.700. The highest BCUT2D eigenvalue weighted by atomic mass is 32.3. The first-order valence-corrected chi connectivity index (χ1v) is 7.23. The molecule has 1 aliphatic heterocycles. The van der Waals surface area contributed by atoms with Gasteiger partial charge in [0.05, 0.1) is 0 Å². The average molecular weight is 238 g/mol. The lowest BCUT2D eigenvalue weighted by atomic mass is 15.6. The van der Waals surface area contributed by atoms with Crippen LogP contribution in [0.2, 0.25) is 0 Å². The van der Waals surface area contributed by atoms with Crippen LogP contribution in [0.15, 0.2) is 0 Å². The molecule has 1 heterocycles. The summed E-state index contributed by atoms with van der Waals surface area (Å²) in [4.78, 5) is 34.5. The Morgan fingerprint density at radius 2 is 1.17 bits per heavy atom. The van der Waals surface area contributed by atoms with Gasteiger partial charge < -0.3 is 23.3 Å². The second-order valence-electron chi connectivity index (χ2n) is 1.81. The van der Waals surface area contributed by atoms with Gasteiger partial charge >= 0.3 is 18.1 Å². The highest BCUT2D eigenvalue weighted by molar-refractivity contribution is 8.17. The molecule has 0 atom stereocenters. The Morgan fingerprint density at radius 1 is 0.833 bits per heavy atom. The molecule has 1 fully saturated rings. The van der Waals surface area contributed by atoms with Gasteiger partial charge in [0.25, 0.3) is 0 Å². The van der Waals surface area contributed by atoms with Gasteiger partial charge in [0.1, 0.15) is 0 Å². The van der Waals surface area contributed by atoms with Crippen molar-refractivity contribution in [2.75, 3.05) is 0 Å². The van der Waals surface area contributed by atoms with Gasteiger partial charge in [-0.2, -0.15) is 0 Å². The molecule has 0 amide bonds. The number of hydrogen-bond donors (Lipinski definition) is 6. The molecule has 0 radical (unpaired) electrons. The van der Waals surface area contributed by atoms with E-state index in [9.17, 15) is 0 Å². The maximum atomic E-state index is 8.63. The molecular formula is H6O9SSi2. The van der Waals surface area contributed by atoms with E-state index >= 15 is 0 Å². The van der Waals surface area contributed by atoms with E-state index in [0.717, 1.165) is 0 Å². The van der Waals surface area contributed by atoms with Crippen LogP contribution in [0.4, 0.5) is 0 Å². The Hall–Kier alpha value is 0.424. The van der Waals surface area contributed by atoms with Crippen molar-refractivity contribution >= 4 is 29.2 Å². The van der Waals surface area contributed by atoms with Crippen LogP contribution in [0.5, 0.6) is 0 Å². The molecule has 0 spiro atoms. The number of rotatable bonds is 0. The fraction of sp³-hybridized carbons (Fsp3) is 0. The highest BCUT2D eigenvalue weighted by Gasteiger charge is 2.63. The van der Waals surface area contributed by atoms with Gasteiger partial charge in [-0.05, 0) is 0 Å². The van der Waals surface area contributed by atoms with Gasteiger partial charge in [-0.25, -0.2) is 7.74 Å². The zero-order chi connectivity index (χ0) is 9.62. The average Bonchev–Trinajstić information content (AvgIpc) is 1.44. The van der Waals surface area contributed by atoms with Crippen molar-refractivity contribution < 1.29 is 40.1 Å². The Balaban J connectivity index is 2.81. The fourth-order valence-corrected chi connectivity index (χ4v) is 5.48. The lowest BCUT2D eigenvalue weighted by Crippen LogP contribution is -2.61. The first kappa shape index (κ1) is 10.5. The van der Waals surface area contributed by atoms with Gasteiger partial charge in [-0.15, -0.1) is 0 Å². The van der Waals surface area contributed by atoms with Crippen molar-refractivity contribution in [3.05, 3.63) is 0 Å². The summed E-state index contributed by atoms with van der Waals surface area (Å²) >= 11 is -4.30. The first-order valence-electron chi connectivity index (χ1n) is 2.41. The van der Waals surface area contributed by atoms with Gasteiger partial charge in [-0.1, -0.05) is 0 Å². The summed E-state index contributed by atoms with van der Waals surface area (Å²) in [5.41, 5.74) is 0. The van der Waals surface area contributed by atoms with Crippen LogP contribution in [-0.4, -0.2) is 46.4 Å². The van der Waals surface area contributed by atoms with Crippen LogP contribution >= 0.6 is 11.2 Å². The standard InChI is InChI=1S/H6O9SSi2/c1-10(2)7-11(3,4)9-12(5,6)8-10/h1-6H. The van der Waals surface area contributed by atoms with Crippen LogP contribution in [-0.2, 0) is 11.9 Å². The van der Waals surface area contributed by atoms with Crippen molar-refractivity contribution in [1.82, 2.24) is 0 Å². The largest absolute Gasteiger partial charge is 0.683 e. The molecule has 12 heteroatoms. The summed E-state index contributed by atoms with van der Waals surface area (Å²) in [7, 11) is -9.78. The quantitative estimate of drug-likeness (QED) is 0.251. The van der Waals surface area contributed by atoms with Gasteiger partial charge in [0.15, 0.2) is 0 Å². The minimum Gasteiger partial charge on any atom is -0.367 e. The van der Waals surface area contributed by atoms with E-state index in [2.05, 4.69) is 11.9 Å². The molecule has 0 aromatic heterocycles. The summed E-state index contributed by atoms with van der Waals surface area (Å²) in [6.07, 6.45) is 0. The fourth-order valence-electron chi connectivity index (χ4n) is 0.507. The molecule has 0 aromatic carbocycles. The van der Waals surface area contributed by atoms with E-state index < -0.39 is 29.2 Å². The summed E-state index contributed by atoms with van der Waals surface area (Å²) < 4.78 is 28.4. The molecule has 74 valence electrons. The highest BCUT2D eigenvalue weighted by Crippen LogP contribution is 2.48. The van der Waals surface area contributed by atoms with Crippen LogP contribution in [0.1, 0.15) is 0 Å². The summed E-state index contributed by atoms with van der Waals surface area (Å²) in [5.74, 6) is 0. The normalized spacial score (nSPS) is 34.2. The molecule has 6 N–H and O–H groups in total. The van der Waals surface area contributed by atoms with Crippen LogP contribution < -0.4 is 0 Å². The molecule has 0 unspecified atom stereocenters. The van der Waals surface area contributed by atoms with Crippen LogP contribution in [0.3, 0.4) is 0 Å². The monoisotopic (exact) mass is 238 g/mol. The Kier molecular flexibility index (Phi) is 2.37. The Morgan fingerprint density at radius 3 is 1.42 bits per heavy atom. The van der Waals surface area contributed by atoms with E-state index in [1.807, 2.05) is 0 Å². The van der Waals surface area contributed by atoms with Crippen molar-refractivity contribution in [1.29, 1.82) is 0 Å². The van der Waals surface area contributed by atoms with Crippen molar-refractivity contribution in [2.24, 2.45) is 0 Å². The molecule has 12 heavy (non-hydrogen) atoms. The zero-order valence-electron chi connectivity index (χ0n) is 5.32. The van der Waals surface area contributed by atoms with Crippen molar-refractivity contribution in [3.63, 3.8) is 0 Å². The van der Waals surface area contributed by atoms with E-state index in [4.69, 9.17) is 28.3 Å². The van der Waals surface area contributed by atoms with E-state index in [-0.39, 0.29) is 0 Å². The predicted octanol–water partition coefficient (Wildman–Crippen LogP) is -2.53. The van der Waals surface area contributed by atoms with Crippen molar-refractivity contribution in [2.45, 2.75) is 0 Å². The molecule has 0 bridgehead atoms. The lowest BCUT2D eigenvalue weighted by Gasteiger charge is -2.38. The van der Waals surface area contributed by atoms with E-state index in [1.54, 1.807) is 0 Å². The van der Waals surface area contributed by atoms with Gasteiger partial charge in [-0.3, -0.25) is 9.11 Å². The minimum absolute atomic E-state index is 3.71. The second kappa shape index (κ2) is 2.70. The lowest BCUT2D eigenvalue weighted by molar-refractivity contribution is 0.0108. The smallest absolute Gasteiger partial charge is 0.367 e. The van der Waals surface area contributed by atoms with Crippen LogP contribution in [0, 0.1) is 0 Å². The third-order valence-corrected chi connectivity index (χ3v) is 6.30. The molecule has 0 aromatic rings. The minimum atomic E-state index is -4.89. The second-order valence-corrected chi connectivity index (χ2v) is 7.05. The SMILES string of the molecule is O[Si]1(O)O[Si](O)(O)OS(O)(O)O1. The maximum absolute atomic E-state index is 8.63. The molecular weight excluding hydrogens is 232 g/mol. The van der Waals surface area contributed by atoms with Crippen LogP contribution in [0.25, 0.3) is 0 Å². The maximum Gasteiger partial charge on any atom is 0.683 e. The summed E-state index contributed by atoms with van der Waals surface area (Å²) in [6, 6.07) is 0. The summed E-state index contributed by atoms with van der Waals surface area (Å²) in [5, 5.41) is 0. The molecule has 1 saturated heterocycles. The molecule has 0 aliphatic carbocycles. The van der Waals surface area contributed by atoms with Gasteiger partial charge in [0.2, 0.25) is 11.2 Å². The predicted molar refractivity (Wildman–Crippen MR) is 36.5 cm³/mol. The number of hydrogen-bond acceptors (Lipinski definition) is 9. The van der Waals surface area contributed by atoms with Crippen molar-refractivity contribution in [3.8, 4) is 0 Å². The zero-order valence-corrected chi connectivity index (χ0v) is 8.13. The van der Waals surface area contributed by atoms with E-state index in [1.165, 1.54) is 0 Å². The summed E-state index contributed by atoms with van der Waals surface area (Å²) in [6.45, 7) is 0. The topological polar surface area (TPSA) is 149 Å². The first-order chi connectivity index (χ1) is 5.12. The molecule has 0 saturated carbocycles.